The van der Waals surface area contributed by atoms with E-state index in [0.717, 1.165) is 48.9 Å². The Balaban J connectivity index is 2.05. The summed E-state index contributed by atoms with van der Waals surface area (Å²) in [5.74, 6) is 0. The molecule has 0 saturated heterocycles. The Bertz CT molecular complexity index is 809. The van der Waals surface area contributed by atoms with Gasteiger partial charge in [0.05, 0.1) is 0 Å². The van der Waals surface area contributed by atoms with E-state index in [1.54, 1.807) is 0 Å². The highest BCUT2D eigenvalue weighted by Crippen LogP contribution is 2.40. The highest BCUT2D eigenvalue weighted by Gasteiger charge is 2.28. The normalized spacial score (nSPS) is 17.7. The van der Waals surface area contributed by atoms with E-state index in [-0.39, 0.29) is 11.0 Å². The molecule has 0 amide bonds. The van der Waals surface area contributed by atoms with Crippen LogP contribution in [0.5, 0.6) is 0 Å². The lowest BCUT2D eigenvalue weighted by atomic mass is 9.86. The summed E-state index contributed by atoms with van der Waals surface area (Å²) in [6.45, 7) is 8.46. The van der Waals surface area contributed by atoms with Crippen molar-refractivity contribution in [3.05, 3.63) is 39.2 Å². The average molecular weight is 297 g/mol. The fourth-order valence-corrected chi connectivity index (χ4v) is 3.97. The molecule has 0 fully saturated rings. The lowest BCUT2D eigenvalue weighted by molar-refractivity contribution is 0.498. The molecule has 0 radical (unpaired) electrons. The van der Waals surface area contributed by atoms with E-state index >= 15 is 0 Å². The number of aryl methyl sites for hydroxylation is 2. The third-order valence-corrected chi connectivity index (χ3v) is 5.02. The minimum absolute atomic E-state index is 0.177. The molecule has 0 saturated carbocycles. The van der Waals surface area contributed by atoms with E-state index < -0.39 is 0 Å². The van der Waals surface area contributed by atoms with E-state index in [1.807, 2.05) is 0 Å². The highest BCUT2D eigenvalue weighted by atomic mass is 16.4. The van der Waals surface area contributed by atoms with Crippen LogP contribution in [0.15, 0.2) is 21.3 Å². The van der Waals surface area contributed by atoms with Crippen LogP contribution in [0.25, 0.3) is 11.0 Å². The van der Waals surface area contributed by atoms with Gasteiger partial charge in [0.15, 0.2) is 0 Å². The van der Waals surface area contributed by atoms with Gasteiger partial charge in [-0.3, -0.25) is 0 Å². The molecule has 0 unspecified atom stereocenters. The molecule has 3 nitrogen and oxygen atoms in total. The first-order chi connectivity index (χ1) is 10.4. The van der Waals surface area contributed by atoms with Crippen molar-refractivity contribution in [2.24, 2.45) is 0 Å². The summed E-state index contributed by atoms with van der Waals surface area (Å²) in [6.07, 6.45) is 4.53. The summed E-state index contributed by atoms with van der Waals surface area (Å²) in [7, 11) is 0. The van der Waals surface area contributed by atoms with Crippen molar-refractivity contribution in [3.8, 4) is 0 Å². The molecule has 116 valence electrons. The summed E-state index contributed by atoms with van der Waals surface area (Å²) in [5, 5.41) is 1.10. The van der Waals surface area contributed by atoms with Crippen molar-refractivity contribution in [1.82, 2.24) is 0 Å². The van der Waals surface area contributed by atoms with Gasteiger partial charge in [-0.1, -0.05) is 20.8 Å². The summed E-state index contributed by atoms with van der Waals surface area (Å²) >= 11 is 0. The number of hydrogen-bond acceptors (Lipinski definition) is 3. The van der Waals surface area contributed by atoms with Crippen molar-refractivity contribution in [2.75, 3.05) is 18.0 Å². The standard InChI is InChI=1S/C19H23NO2/c1-19(2,3)15-11-13-10-12-6-4-8-20-9-5-7-14(16(12)20)17(13)22-18(15)21/h10-11H,4-9H2,1-3H3. The van der Waals surface area contributed by atoms with Gasteiger partial charge >= 0.3 is 5.63 Å². The Kier molecular flexibility index (Phi) is 2.91. The molecule has 0 aliphatic carbocycles. The molecule has 1 aromatic heterocycles. The van der Waals surface area contributed by atoms with Crippen LogP contribution in [0.2, 0.25) is 0 Å². The quantitative estimate of drug-likeness (QED) is 0.694. The first-order valence-electron chi connectivity index (χ1n) is 8.33. The van der Waals surface area contributed by atoms with Crippen LogP contribution >= 0.6 is 0 Å². The maximum Gasteiger partial charge on any atom is 0.339 e. The van der Waals surface area contributed by atoms with Crippen LogP contribution < -0.4 is 10.5 Å². The van der Waals surface area contributed by atoms with Crippen LogP contribution in [0.3, 0.4) is 0 Å². The zero-order valence-electron chi connectivity index (χ0n) is 13.7. The average Bonchev–Trinajstić information content (AvgIpc) is 2.47. The molecule has 2 aliphatic rings. The molecule has 0 bridgehead atoms. The number of benzene rings is 1. The molecular formula is C19H23NO2. The first-order valence-corrected chi connectivity index (χ1v) is 8.33. The van der Waals surface area contributed by atoms with Gasteiger partial charge in [-0.25, -0.2) is 4.79 Å². The van der Waals surface area contributed by atoms with Crippen LogP contribution in [-0.2, 0) is 18.3 Å². The van der Waals surface area contributed by atoms with Crippen molar-refractivity contribution >= 4 is 16.7 Å². The molecule has 2 aromatic rings. The topological polar surface area (TPSA) is 33.5 Å². The zero-order valence-corrected chi connectivity index (χ0v) is 13.7. The lowest BCUT2D eigenvalue weighted by Gasteiger charge is -2.37. The number of anilines is 1. The van der Waals surface area contributed by atoms with Gasteiger partial charge in [0.25, 0.3) is 0 Å². The first kappa shape index (κ1) is 13.9. The second-order valence-corrected chi connectivity index (χ2v) is 7.67. The third-order valence-electron chi connectivity index (χ3n) is 5.02. The number of rotatable bonds is 0. The Hall–Kier alpha value is -1.77. The predicted molar refractivity (Wildman–Crippen MR) is 90.0 cm³/mol. The summed E-state index contributed by atoms with van der Waals surface area (Å²) in [5.41, 5.74) is 5.28. The second kappa shape index (κ2) is 4.61. The third kappa shape index (κ3) is 1.98. The van der Waals surface area contributed by atoms with E-state index in [2.05, 4.69) is 37.8 Å². The summed E-state index contributed by atoms with van der Waals surface area (Å²) < 4.78 is 5.81. The van der Waals surface area contributed by atoms with Gasteiger partial charge in [-0.2, -0.15) is 0 Å². The molecule has 22 heavy (non-hydrogen) atoms. The van der Waals surface area contributed by atoms with Gasteiger partial charge in [0, 0.05) is 35.3 Å². The monoisotopic (exact) mass is 297 g/mol. The Morgan fingerprint density at radius 3 is 2.55 bits per heavy atom. The zero-order chi connectivity index (χ0) is 15.5. The minimum atomic E-state index is -0.187. The van der Waals surface area contributed by atoms with Gasteiger partial charge in [0.2, 0.25) is 0 Å². The second-order valence-electron chi connectivity index (χ2n) is 7.67. The van der Waals surface area contributed by atoms with Crippen LogP contribution in [-0.4, -0.2) is 13.1 Å². The van der Waals surface area contributed by atoms with E-state index in [4.69, 9.17) is 4.42 Å². The summed E-state index contributed by atoms with van der Waals surface area (Å²) in [4.78, 5) is 14.9. The molecular weight excluding hydrogens is 274 g/mol. The fourth-order valence-electron chi connectivity index (χ4n) is 3.97. The van der Waals surface area contributed by atoms with E-state index in [1.165, 1.54) is 23.2 Å². The van der Waals surface area contributed by atoms with E-state index in [0.29, 0.717) is 0 Å². The number of nitrogens with zero attached hydrogens (tertiary/aromatic N) is 1. The predicted octanol–water partition coefficient (Wildman–Crippen LogP) is 3.79. The highest BCUT2D eigenvalue weighted by molar-refractivity contribution is 5.88. The fraction of sp³-hybridized carbons (Fsp3) is 0.526. The lowest BCUT2D eigenvalue weighted by Crippen LogP contribution is -2.34. The maximum atomic E-state index is 12.4. The Labute approximate surface area is 130 Å². The molecule has 3 heterocycles. The maximum absolute atomic E-state index is 12.4. The van der Waals surface area contributed by atoms with Crippen LogP contribution in [0.1, 0.15) is 50.3 Å². The van der Waals surface area contributed by atoms with Crippen molar-refractivity contribution in [3.63, 3.8) is 0 Å². The molecule has 0 N–H and O–H groups in total. The number of fused-ring (bicyclic) bond motifs is 2. The molecule has 3 heteroatoms. The Morgan fingerprint density at radius 2 is 1.82 bits per heavy atom. The smallest absolute Gasteiger partial charge is 0.339 e. The van der Waals surface area contributed by atoms with Gasteiger partial charge in [-0.05, 0) is 48.8 Å². The SMILES string of the molecule is CC(C)(C)c1cc2cc3c4c(c2oc1=O)CCCN4CCC3. The van der Waals surface area contributed by atoms with Crippen molar-refractivity contribution in [1.29, 1.82) is 0 Å². The molecule has 4 rings (SSSR count). The largest absolute Gasteiger partial charge is 0.422 e. The molecule has 1 aromatic carbocycles. The van der Waals surface area contributed by atoms with Crippen LogP contribution in [0, 0.1) is 0 Å². The van der Waals surface area contributed by atoms with Crippen molar-refractivity contribution < 1.29 is 4.42 Å². The van der Waals surface area contributed by atoms with Crippen LogP contribution in [0.4, 0.5) is 5.69 Å². The minimum Gasteiger partial charge on any atom is -0.422 e. The Morgan fingerprint density at radius 1 is 1.09 bits per heavy atom. The van der Waals surface area contributed by atoms with Crippen molar-refractivity contribution in [2.45, 2.75) is 51.9 Å². The van der Waals surface area contributed by atoms with Gasteiger partial charge in [-0.15, -0.1) is 0 Å². The van der Waals surface area contributed by atoms with Gasteiger partial charge < -0.3 is 9.32 Å². The summed E-state index contributed by atoms with van der Waals surface area (Å²) in [6, 6.07) is 4.31. The van der Waals surface area contributed by atoms with E-state index in [9.17, 15) is 4.79 Å². The number of hydrogen-bond donors (Lipinski definition) is 0. The molecule has 0 spiro atoms. The molecule has 2 aliphatic heterocycles. The molecule has 0 atom stereocenters. The van der Waals surface area contributed by atoms with Gasteiger partial charge in [0.1, 0.15) is 5.58 Å².